The Morgan fingerprint density at radius 2 is 2.11 bits per heavy atom. The first-order chi connectivity index (χ1) is 8.89. The molecule has 0 saturated carbocycles. The lowest BCUT2D eigenvalue weighted by Gasteiger charge is -2.23. The van der Waals surface area contributed by atoms with Gasteiger partial charge >= 0.3 is 0 Å². The van der Waals surface area contributed by atoms with Crippen molar-refractivity contribution in [1.29, 1.82) is 0 Å². The van der Waals surface area contributed by atoms with Crippen LogP contribution in [0, 0.1) is 0 Å². The lowest BCUT2D eigenvalue weighted by Crippen LogP contribution is -2.47. The first-order valence-corrected chi connectivity index (χ1v) is 6.66. The van der Waals surface area contributed by atoms with E-state index >= 15 is 0 Å². The van der Waals surface area contributed by atoms with E-state index in [1.165, 1.54) is 0 Å². The van der Waals surface area contributed by atoms with E-state index in [4.69, 9.17) is 4.74 Å². The molecule has 4 nitrogen and oxygen atoms in total. The molecular weight excluding hydrogens is 240 g/mol. The van der Waals surface area contributed by atoms with Crippen molar-refractivity contribution >= 4 is 11.6 Å². The van der Waals surface area contributed by atoms with E-state index in [1.54, 1.807) is 7.05 Å². The third-order valence-corrected chi connectivity index (χ3v) is 3.20. The Morgan fingerprint density at radius 1 is 1.42 bits per heavy atom. The van der Waals surface area contributed by atoms with Crippen LogP contribution in [-0.4, -0.2) is 24.6 Å². The van der Waals surface area contributed by atoms with Crippen LogP contribution in [0.5, 0.6) is 5.75 Å². The van der Waals surface area contributed by atoms with Gasteiger partial charge in [-0.25, -0.2) is 0 Å². The first kappa shape index (κ1) is 15.5. The smallest absolute Gasteiger partial charge is 0.244 e. The van der Waals surface area contributed by atoms with Crippen molar-refractivity contribution in [3.05, 3.63) is 24.3 Å². The van der Waals surface area contributed by atoms with Gasteiger partial charge in [-0.2, -0.15) is 0 Å². The van der Waals surface area contributed by atoms with E-state index in [1.807, 2.05) is 45.0 Å². The molecular formula is C15H24N2O2. The molecule has 0 heterocycles. The van der Waals surface area contributed by atoms with Crippen LogP contribution < -0.4 is 15.4 Å². The fourth-order valence-electron chi connectivity index (χ4n) is 1.36. The fraction of sp³-hybridized carbons (Fsp3) is 0.533. The second kappa shape index (κ2) is 6.57. The molecule has 1 aromatic carbocycles. The third-order valence-electron chi connectivity index (χ3n) is 3.20. The van der Waals surface area contributed by atoms with Crippen molar-refractivity contribution in [3.63, 3.8) is 0 Å². The van der Waals surface area contributed by atoms with E-state index in [0.29, 0.717) is 0 Å². The van der Waals surface area contributed by atoms with Crippen molar-refractivity contribution in [2.45, 2.75) is 45.8 Å². The molecule has 0 fully saturated rings. The van der Waals surface area contributed by atoms with Crippen LogP contribution in [0.15, 0.2) is 24.3 Å². The number of benzene rings is 1. The van der Waals surface area contributed by atoms with Gasteiger partial charge in [0, 0.05) is 11.8 Å². The quantitative estimate of drug-likeness (QED) is 0.830. The van der Waals surface area contributed by atoms with Gasteiger partial charge in [0.2, 0.25) is 5.91 Å². The maximum absolute atomic E-state index is 12.0. The van der Waals surface area contributed by atoms with Crippen LogP contribution in [0.4, 0.5) is 5.69 Å². The number of carbonyl (C=O) groups is 1. The largest absolute Gasteiger partial charge is 0.491 e. The van der Waals surface area contributed by atoms with Gasteiger partial charge in [-0.1, -0.05) is 13.0 Å². The molecule has 4 heteroatoms. The molecule has 106 valence electrons. The molecule has 0 aromatic heterocycles. The molecule has 0 spiro atoms. The van der Waals surface area contributed by atoms with Gasteiger partial charge in [0.05, 0.1) is 11.6 Å². The number of ether oxygens (including phenoxy) is 1. The van der Waals surface area contributed by atoms with Crippen molar-refractivity contribution in [2.75, 3.05) is 12.4 Å². The molecule has 19 heavy (non-hydrogen) atoms. The normalized spacial score (nSPS) is 12.9. The summed E-state index contributed by atoms with van der Waals surface area (Å²) < 4.78 is 5.73. The fourth-order valence-corrected chi connectivity index (χ4v) is 1.36. The van der Waals surface area contributed by atoms with E-state index in [0.717, 1.165) is 17.9 Å². The highest BCUT2D eigenvalue weighted by Gasteiger charge is 2.25. The lowest BCUT2D eigenvalue weighted by molar-refractivity contribution is -0.121. The lowest BCUT2D eigenvalue weighted by atomic mass is 10.1. The molecule has 1 rings (SSSR count). The monoisotopic (exact) mass is 264 g/mol. The Balaban J connectivity index is 2.75. The minimum Gasteiger partial charge on any atom is -0.491 e. The number of carbonyl (C=O) groups excluding carboxylic acids is 1. The molecule has 1 amide bonds. The maximum Gasteiger partial charge on any atom is 0.244 e. The predicted octanol–water partition coefficient (Wildman–Crippen LogP) is 2.80. The van der Waals surface area contributed by atoms with Gasteiger partial charge in [0.15, 0.2) is 0 Å². The van der Waals surface area contributed by atoms with Gasteiger partial charge in [0.25, 0.3) is 0 Å². The second-order valence-corrected chi connectivity index (χ2v) is 5.19. The van der Waals surface area contributed by atoms with E-state index in [2.05, 4.69) is 17.6 Å². The van der Waals surface area contributed by atoms with E-state index in [-0.39, 0.29) is 12.0 Å². The Morgan fingerprint density at radius 3 is 2.68 bits per heavy atom. The van der Waals surface area contributed by atoms with Crippen LogP contribution in [0.2, 0.25) is 0 Å². The van der Waals surface area contributed by atoms with Crippen LogP contribution >= 0.6 is 0 Å². The maximum atomic E-state index is 12.0. The standard InChI is InChI=1S/C15H24N2O2/c1-6-11(2)19-13-9-7-8-12(10-13)17-14(18)15(3,4)16-5/h7-11,16H,6H2,1-5H3,(H,17,18). The van der Waals surface area contributed by atoms with Gasteiger partial charge in [0.1, 0.15) is 5.75 Å². The summed E-state index contributed by atoms with van der Waals surface area (Å²) in [6, 6.07) is 7.47. The minimum absolute atomic E-state index is 0.0734. The summed E-state index contributed by atoms with van der Waals surface area (Å²) in [5.74, 6) is 0.699. The molecule has 1 aromatic rings. The van der Waals surface area contributed by atoms with Crippen LogP contribution in [0.25, 0.3) is 0 Å². The summed E-state index contributed by atoms with van der Waals surface area (Å²) in [6.45, 7) is 7.77. The summed E-state index contributed by atoms with van der Waals surface area (Å²) in [7, 11) is 1.77. The molecule has 2 N–H and O–H groups in total. The molecule has 0 bridgehead atoms. The summed E-state index contributed by atoms with van der Waals surface area (Å²) >= 11 is 0. The number of amides is 1. The highest BCUT2D eigenvalue weighted by Crippen LogP contribution is 2.20. The van der Waals surface area contributed by atoms with E-state index in [9.17, 15) is 4.79 Å². The van der Waals surface area contributed by atoms with Crippen molar-refractivity contribution < 1.29 is 9.53 Å². The molecule has 0 aliphatic heterocycles. The number of rotatable bonds is 6. The van der Waals surface area contributed by atoms with Crippen molar-refractivity contribution in [3.8, 4) is 5.75 Å². The molecule has 0 saturated heterocycles. The van der Waals surface area contributed by atoms with Gasteiger partial charge < -0.3 is 15.4 Å². The molecule has 0 radical (unpaired) electrons. The Labute approximate surface area is 115 Å². The minimum atomic E-state index is -0.604. The van der Waals surface area contributed by atoms with E-state index < -0.39 is 5.54 Å². The second-order valence-electron chi connectivity index (χ2n) is 5.19. The molecule has 0 aliphatic carbocycles. The molecule has 1 unspecified atom stereocenters. The average molecular weight is 264 g/mol. The Hall–Kier alpha value is -1.55. The first-order valence-electron chi connectivity index (χ1n) is 6.66. The average Bonchev–Trinajstić information content (AvgIpc) is 2.38. The summed E-state index contributed by atoms with van der Waals surface area (Å²) in [5.41, 5.74) is 0.141. The third kappa shape index (κ3) is 4.56. The van der Waals surface area contributed by atoms with Gasteiger partial charge in [-0.05, 0) is 46.4 Å². The summed E-state index contributed by atoms with van der Waals surface area (Å²) in [4.78, 5) is 12.0. The SMILES string of the molecule is CCC(C)Oc1cccc(NC(=O)C(C)(C)NC)c1. The highest BCUT2D eigenvalue weighted by atomic mass is 16.5. The Kier molecular flexibility index (Phi) is 5.36. The van der Waals surface area contributed by atoms with Crippen molar-refractivity contribution in [2.24, 2.45) is 0 Å². The van der Waals surface area contributed by atoms with Crippen LogP contribution in [0.3, 0.4) is 0 Å². The molecule has 1 atom stereocenters. The Bertz CT molecular complexity index is 430. The van der Waals surface area contributed by atoms with Gasteiger partial charge in [-0.15, -0.1) is 0 Å². The topological polar surface area (TPSA) is 50.4 Å². The zero-order valence-electron chi connectivity index (χ0n) is 12.4. The number of nitrogens with one attached hydrogen (secondary N) is 2. The summed E-state index contributed by atoms with van der Waals surface area (Å²) in [6.07, 6.45) is 1.11. The zero-order chi connectivity index (χ0) is 14.5. The zero-order valence-corrected chi connectivity index (χ0v) is 12.4. The van der Waals surface area contributed by atoms with Crippen LogP contribution in [-0.2, 0) is 4.79 Å². The molecule has 0 aliphatic rings. The highest BCUT2D eigenvalue weighted by molar-refractivity contribution is 5.97. The van der Waals surface area contributed by atoms with Crippen LogP contribution in [0.1, 0.15) is 34.1 Å². The van der Waals surface area contributed by atoms with Gasteiger partial charge in [-0.3, -0.25) is 4.79 Å². The number of hydrogen-bond donors (Lipinski definition) is 2. The van der Waals surface area contributed by atoms with Crippen molar-refractivity contribution in [1.82, 2.24) is 5.32 Å². The number of anilines is 1. The summed E-state index contributed by atoms with van der Waals surface area (Å²) in [5, 5.41) is 5.86. The number of hydrogen-bond acceptors (Lipinski definition) is 3. The number of likely N-dealkylation sites (N-methyl/N-ethyl adjacent to an activating group) is 1. The predicted molar refractivity (Wildman–Crippen MR) is 78.6 cm³/mol.